The summed E-state index contributed by atoms with van der Waals surface area (Å²) in [5, 5.41) is 3.78. The van der Waals surface area contributed by atoms with Crippen molar-refractivity contribution in [3.8, 4) is 11.5 Å². The second-order valence-corrected chi connectivity index (χ2v) is 5.00. The van der Waals surface area contributed by atoms with Gasteiger partial charge in [0.25, 0.3) is 0 Å². The van der Waals surface area contributed by atoms with Crippen molar-refractivity contribution in [2.45, 2.75) is 20.4 Å². The van der Waals surface area contributed by atoms with Crippen LogP contribution in [0.25, 0.3) is 0 Å². The maximum absolute atomic E-state index is 13.8. The van der Waals surface area contributed by atoms with Crippen LogP contribution >= 0.6 is 11.6 Å². The van der Waals surface area contributed by atoms with Gasteiger partial charge in [0.15, 0.2) is 11.6 Å². The van der Waals surface area contributed by atoms with Crippen LogP contribution in [0.15, 0.2) is 36.4 Å². The van der Waals surface area contributed by atoms with Gasteiger partial charge >= 0.3 is 0 Å². The van der Waals surface area contributed by atoms with Gasteiger partial charge in [-0.15, -0.1) is 0 Å². The van der Waals surface area contributed by atoms with Gasteiger partial charge in [0.1, 0.15) is 5.75 Å². The first-order chi connectivity index (χ1) is 9.60. The Bertz CT molecular complexity index is 601. The Labute approximate surface area is 123 Å². The second-order valence-electron chi connectivity index (χ2n) is 4.57. The van der Waals surface area contributed by atoms with Crippen molar-refractivity contribution in [2.75, 3.05) is 6.54 Å². The summed E-state index contributed by atoms with van der Waals surface area (Å²) < 4.78 is 19.5. The first kappa shape index (κ1) is 14.8. The molecule has 4 heteroatoms. The number of rotatable bonds is 5. The van der Waals surface area contributed by atoms with E-state index in [0.29, 0.717) is 17.3 Å². The molecule has 0 aliphatic rings. The molecule has 0 aromatic heterocycles. The molecule has 0 heterocycles. The SMILES string of the molecule is CCNCc1ccc(Cl)cc1Oc1cc(C)ccc1F. The van der Waals surface area contributed by atoms with Crippen molar-refractivity contribution < 1.29 is 9.13 Å². The number of aryl methyl sites for hydroxylation is 1. The van der Waals surface area contributed by atoms with Crippen LogP contribution in [0.3, 0.4) is 0 Å². The molecule has 0 unspecified atom stereocenters. The highest BCUT2D eigenvalue weighted by Crippen LogP contribution is 2.30. The molecule has 0 fully saturated rings. The number of benzene rings is 2. The fourth-order valence-electron chi connectivity index (χ4n) is 1.84. The van der Waals surface area contributed by atoms with Gasteiger partial charge in [-0.2, -0.15) is 0 Å². The molecule has 0 aliphatic heterocycles. The molecule has 0 atom stereocenters. The lowest BCUT2D eigenvalue weighted by Crippen LogP contribution is -2.12. The number of hydrogen-bond acceptors (Lipinski definition) is 2. The molecule has 0 saturated heterocycles. The molecule has 0 aliphatic carbocycles. The van der Waals surface area contributed by atoms with Crippen LogP contribution < -0.4 is 10.1 Å². The number of nitrogens with one attached hydrogen (secondary N) is 1. The first-order valence-corrected chi connectivity index (χ1v) is 6.91. The molecule has 0 radical (unpaired) electrons. The predicted octanol–water partition coefficient (Wildman–Crippen LogP) is 4.69. The lowest BCUT2D eigenvalue weighted by molar-refractivity contribution is 0.435. The third-order valence-electron chi connectivity index (χ3n) is 2.90. The molecule has 0 bridgehead atoms. The largest absolute Gasteiger partial charge is 0.454 e. The summed E-state index contributed by atoms with van der Waals surface area (Å²) >= 11 is 5.99. The molecule has 2 rings (SSSR count). The van der Waals surface area contributed by atoms with Gasteiger partial charge in [0.05, 0.1) is 0 Å². The molecule has 2 aromatic rings. The topological polar surface area (TPSA) is 21.3 Å². The maximum Gasteiger partial charge on any atom is 0.165 e. The van der Waals surface area contributed by atoms with Crippen LogP contribution in [-0.2, 0) is 6.54 Å². The van der Waals surface area contributed by atoms with Crippen molar-refractivity contribution >= 4 is 11.6 Å². The first-order valence-electron chi connectivity index (χ1n) is 6.53. The number of halogens is 2. The lowest BCUT2D eigenvalue weighted by Gasteiger charge is -2.13. The van der Waals surface area contributed by atoms with Crippen molar-refractivity contribution in [3.63, 3.8) is 0 Å². The monoisotopic (exact) mass is 293 g/mol. The summed E-state index contributed by atoms with van der Waals surface area (Å²) in [5.41, 5.74) is 1.88. The highest BCUT2D eigenvalue weighted by molar-refractivity contribution is 6.30. The quantitative estimate of drug-likeness (QED) is 0.863. The summed E-state index contributed by atoms with van der Waals surface area (Å²) in [6.07, 6.45) is 0. The standard InChI is InChI=1S/C16H17ClFNO/c1-3-19-10-12-5-6-13(17)9-15(12)20-16-8-11(2)4-7-14(16)18/h4-9,19H,3,10H2,1-2H3. The van der Waals surface area contributed by atoms with Gasteiger partial charge in [0, 0.05) is 17.1 Å². The molecule has 0 saturated carbocycles. The van der Waals surface area contributed by atoms with Gasteiger partial charge in [-0.05, 0) is 43.3 Å². The molecule has 20 heavy (non-hydrogen) atoms. The Balaban J connectivity index is 2.31. The van der Waals surface area contributed by atoms with E-state index in [4.69, 9.17) is 16.3 Å². The van der Waals surface area contributed by atoms with Gasteiger partial charge in [-0.1, -0.05) is 30.7 Å². The Morgan fingerprint density at radius 2 is 1.95 bits per heavy atom. The maximum atomic E-state index is 13.8. The fourth-order valence-corrected chi connectivity index (χ4v) is 2.00. The zero-order chi connectivity index (χ0) is 14.5. The smallest absolute Gasteiger partial charge is 0.165 e. The zero-order valence-electron chi connectivity index (χ0n) is 11.5. The van der Waals surface area contributed by atoms with E-state index in [1.165, 1.54) is 6.07 Å². The summed E-state index contributed by atoms with van der Waals surface area (Å²) in [6.45, 7) is 5.41. The molecule has 0 amide bonds. The summed E-state index contributed by atoms with van der Waals surface area (Å²) in [6, 6.07) is 10.2. The molecular weight excluding hydrogens is 277 g/mol. The van der Waals surface area contributed by atoms with E-state index < -0.39 is 0 Å². The Morgan fingerprint density at radius 1 is 1.15 bits per heavy atom. The van der Waals surface area contributed by atoms with E-state index in [2.05, 4.69) is 5.32 Å². The Kier molecular flexibility index (Phi) is 4.99. The number of hydrogen-bond donors (Lipinski definition) is 1. The summed E-state index contributed by atoms with van der Waals surface area (Å²) in [5.74, 6) is 0.401. The molecule has 2 aromatic carbocycles. The molecule has 1 N–H and O–H groups in total. The van der Waals surface area contributed by atoms with Crippen LogP contribution in [0, 0.1) is 12.7 Å². The van der Waals surface area contributed by atoms with E-state index in [-0.39, 0.29) is 11.6 Å². The normalized spacial score (nSPS) is 10.6. The number of ether oxygens (including phenoxy) is 1. The average molecular weight is 294 g/mol. The minimum atomic E-state index is -0.384. The third-order valence-corrected chi connectivity index (χ3v) is 3.14. The Hall–Kier alpha value is -1.58. The van der Waals surface area contributed by atoms with Crippen molar-refractivity contribution in [2.24, 2.45) is 0 Å². The van der Waals surface area contributed by atoms with E-state index in [1.54, 1.807) is 24.3 Å². The van der Waals surface area contributed by atoms with Gasteiger partial charge in [-0.3, -0.25) is 0 Å². The van der Waals surface area contributed by atoms with Crippen molar-refractivity contribution in [3.05, 3.63) is 58.4 Å². The van der Waals surface area contributed by atoms with Gasteiger partial charge in [-0.25, -0.2) is 4.39 Å². The van der Waals surface area contributed by atoms with Crippen molar-refractivity contribution in [1.82, 2.24) is 5.32 Å². The molecule has 106 valence electrons. The minimum absolute atomic E-state index is 0.213. The Morgan fingerprint density at radius 3 is 2.70 bits per heavy atom. The highest BCUT2D eigenvalue weighted by atomic mass is 35.5. The molecule has 2 nitrogen and oxygen atoms in total. The van der Waals surface area contributed by atoms with E-state index in [0.717, 1.165) is 17.7 Å². The average Bonchev–Trinajstić information content (AvgIpc) is 2.42. The summed E-state index contributed by atoms with van der Waals surface area (Å²) in [4.78, 5) is 0. The van der Waals surface area contributed by atoms with Crippen LogP contribution in [0.5, 0.6) is 11.5 Å². The predicted molar refractivity (Wildman–Crippen MR) is 80.0 cm³/mol. The van der Waals surface area contributed by atoms with E-state index in [9.17, 15) is 4.39 Å². The highest BCUT2D eigenvalue weighted by Gasteiger charge is 2.09. The van der Waals surface area contributed by atoms with Crippen LogP contribution in [0.2, 0.25) is 5.02 Å². The third kappa shape index (κ3) is 3.71. The van der Waals surface area contributed by atoms with E-state index >= 15 is 0 Å². The van der Waals surface area contributed by atoms with E-state index in [1.807, 2.05) is 19.9 Å². The van der Waals surface area contributed by atoms with Crippen LogP contribution in [0.4, 0.5) is 4.39 Å². The van der Waals surface area contributed by atoms with Crippen LogP contribution in [-0.4, -0.2) is 6.54 Å². The lowest BCUT2D eigenvalue weighted by atomic mass is 10.2. The van der Waals surface area contributed by atoms with Gasteiger partial charge in [0.2, 0.25) is 0 Å². The van der Waals surface area contributed by atoms with Crippen molar-refractivity contribution in [1.29, 1.82) is 0 Å². The summed E-state index contributed by atoms with van der Waals surface area (Å²) in [7, 11) is 0. The fraction of sp³-hybridized carbons (Fsp3) is 0.250. The second kappa shape index (κ2) is 6.73. The molecule has 0 spiro atoms. The van der Waals surface area contributed by atoms with Gasteiger partial charge < -0.3 is 10.1 Å². The van der Waals surface area contributed by atoms with Crippen LogP contribution in [0.1, 0.15) is 18.1 Å². The zero-order valence-corrected chi connectivity index (χ0v) is 12.3. The molecular formula is C16H17ClFNO. The minimum Gasteiger partial charge on any atom is -0.454 e.